The van der Waals surface area contributed by atoms with Crippen LogP contribution in [0.4, 0.5) is 5.95 Å². The molecule has 1 atom stereocenters. The minimum Gasteiger partial charge on any atom is -0.497 e. The van der Waals surface area contributed by atoms with E-state index in [2.05, 4.69) is 20.7 Å². The lowest BCUT2D eigenvalue weighted by molar-refractivity contribution is -0.116. The van der Waals surface area contributed by atoms with Gasteiger partial charge in [0.15, 0.2) is 5.82 Å². The number of piperidine rings is 1. The number of anilines is 1. The Labute approximate surface area is 166 Å². The van der Waals surface area contributed by atoms with Crippen LogP contribution in [-0.2, 0) is 11.8 Å². The summed E-state index contributed by atoms with van der Waals surface area (Å²) in [7, 11) is 3.46. The van der Waals surface area contributed by atoms with E-state index in [9.17, 15) is 4.79 Å². The van der Waals surface area contributed by atoms with Gasteiger partial charge in [-0.15, -0.1) is 12.4 Å². The molecule has 3 rings (SSSR count). The third kappa shape index (κ3) is 5.43. The number of benzene rings is 1. The topological polar surface area (TPSA) is 81.1 Å². The predicted octanol–water partition coefficient (Wildman–Crippen LogP) is 2.84. The Balaban J connectivity index is 0.00000261. The van der Waals surface area contributed by atoms with E-state index in [1.54, 1.807) is 11.8 Å². The van der Waals surface area contributed by atoms with Gasteiger partial charge in [-0.05, 0) is 49.5 Å². The molecule has 1 fully saturated rings. The van der Waals surface area contributed by atoms with Gasteiger partial charge < -0.3 is 10.1 Å². The fourth-order valence-electron chi connectivity index (χ4n) is 3.29. The number of carbonyl (C=O) groups excluding carboxylic acids is 1. The van der Waals surface area contributed by atoms with Crippen LogP contribution in [-0.4, -0.2) is 40.9 Å². The first-order valence-electron chi connectivity index (χ1n) is 9.12. The molecule has 0 spiro atoms. The molecule has 0 radical (unpaired) electrons. The highest BCUT2D eigenvalue weighted by Gasteiger charge is 2.21. The molecule has 1 aromatic heterocycles. The Morgan fingerprint density at radius 3 is 2.85 bits per heavy atom. The second-order valence-electron chi connectivity index (χ2n) is 6.87. The second kappa shape index (κ2) is 9.71. The van der Waals surface area contributed by atoms with Crippen LogP contribution < -0.4 is 15.4 Å². The van der Waals surface area contributed by atoms with Crippen LogP contribution >= 0.6 is 12.4 Å². The number of carbonyl (C=O) groups is 1. The SMILES string of the molecule is COc1cccc(C(C)CC(=O)Nc2nc(C3CCNCC3)nn2C)c1.Cl. The summed E-state index contributed by atoms with van der Waals surface area (Å²) in [5, 5.41) is 10.7. The molecule has 8 heteroatoms. The lowest BCUT2D eigenvalue weighted by atomic mass is 9.97. The molecule has 2 heterocycles. The number of rotatable bonds is 6. The van der Waals surface area contributed by atoms with Crippen molar-refractivity contribution in [1.82, 2.24) is 20.1 Å². The molecule has 2 aromatic rings. The fraction of sp³-hybridized carbons (Fsp3) is 0.526. The van der Waals surface area contributed by atoms with E-state index in [1.807, 2.05) is 38.2 Å². The Kier molecular flexibility index (Phi) is 7.62. The number of hydrogen-bond donors (Lipinski definition) is 2. The normalized spacial score (nSPS) is 15.7. The van der Waals surface area contributed by atoms with Crippen LogP contribution in [0.2, 0.25) is 0 Å². The van der Waals surface area contributed by atoms with Gasteiger partial charge in [-0.3, -0.25) is 10.1 Å². The Morgan fingerprint density at radius 2 is 2.15 bits per heavy atom. The lowest BCUT2D eigenvalue weighted by Gasteiger charge is -2.19. The molecule has 1 aromatic carbocycles. The quantitative estimate of drug-likeness (QED) is 0.788. The number of ether oxygens (including phenoxy) is 1. The Morgan fingerprint density at radius 1 is 1.41 bits per heavy atom. The summed E-state index contributed by atoms with van der Waals surface area (Å²) in [5.41, 5.74) is 1.08. The first-order valence-corrected chi connectivity index (χ1v) is 9.12. The summed E-state index contributed by atoms with van der Waals surface area (Å²) in [6, 6.07) is 7.82. The third-order valence-corrected chi connectivity index (χ3v) is 4.89. The van der Waals surface area contributed by atoms with E-state index in [0.29, 0.717) is 18.3 Å². The number of nitrogens with zero attached hydrogens (tertiary/aromatic N) is 3. The summed E-state index contributed by atoms with van der Waals surface area (Å²) in [5.74, 6) is 2.53. The molecule has 0 bridgehead atoms. The number of methoxy groups -OCH3 is 1. The average Bonchev–Trinajstić information content (AvgIpc) is 3.03. The maximum Gasteiger partial charge on any atom is 0.227 e. The number of amides is 1. The van der Waals surface area contributed by atoms with Gasteiger partial charge in [0.05, 0.1) is 7.11 Å². The van der Waals surface area contributed by atoms with Crippen LogP contribution in [0.25, 0.3) is 0 Å². The van der Waals surface area contributed by atoms with E-state index in [1.165, 1.54) is 0 Å². The minimum absolute atomic E-state index is 0. The summed E-state index contributed by atoms with van der Waals surface area (Å²) < 4.78 is 6.91. The predicted molar refractivity (Wildman–Crippen MR) is 108 cm³/mol. The first-order chi connectivity index (χ1) is 12.6. The zero-order valence-corrected chi connectivity index (χ0v) is 16.9. The lowest BCUT2D eigenvalue weighted by Crippen LogP contribution is -2.27. The average molecular weight is 394 g/mol. The minimum atomic E-state index is -0.0623. The zero-order chi connectivity index (χ0) is 18.5. The van der Waals surface area contributed by atoms with Crippen molar-refractivity contribution >= 4 is 24.3 Å². The van der Waals surface area contributed by atoms with Gasteiger partial charge in [0.1, 0.15) is 5.75 Å². The molecule has 1 saturated heterocycles. The molecule has 7 nitrogen and oxygen atoms in total. The van der Waals surface area contributed by atoms with Gasteiger partial charge in [-0.25, -0.2) is 4.68 Å². The van der Waals surface area contributed by atoms with Crippen molar-refractivity contribution in [3.05, 3.63) is 35.7 Å². The van der Waals surface area contributed by atoms with Crippen molar-refractivity contribution in [2.75, 3.05) is 25.5 Å². The first kappa shape index (κ1) is 21.2. The zero-order valence-electron chi connectivity index (χ0n) is 16.1. The number of aromatic nitrogens is 3. The van der Waals surface area contributed by atoms with Crippen molar-refractivity contribution in [3.63, 3.8) is 0 Å². The van der Waals surface area contributed by atoms with Crippen molar-refractivity contribution < 1.29 is 9.53 Å². The molecular weight excluding hydrogens is 366 g/mol. The van der Waals surface area contributed by atoms with Crippen molar-refractivity contribution in [2.24, 2.45) is 7.05 Å². The van der Waals surface area contributed by atoms with Crippen LogP contribution in [0, 0.1) is 0 Å². The standard InChI is InChI=1S/C19H27N5O2.ClH/c1-13(15-5-4-6-16(12-15)26-3)11-17(25)21-19-22-18(23-24(19)2)14-7-9-20-10-8-14;/h4-6,12-14,20H,7-11H2,1-3H3,(H,21,22,23,25);1H. The van der Waals surface area contributed by atoms with Gasteiger partial charge in [-0.2, -0.15) is 10.1 Å². The van der Waals surface area contributed by atoms with Crippen LogP contribution in [0.15, 0.2) is 24.3 Å². The summed E-state index contributed by atoms with van der Waals surface area (Å²) in [6.45, 7) is 4.01. The molecule has 0 aliphatic carbocycles. The molecule has 1 aliphatic heterocycles. The highest BCUT2D eigenvalue weighted by Crippen LogP contribution is 2.25. The molecule has 1 amide bonds. The van der Waals surface area contributed by atoms with Crippen LogP contribution in [0.3, 0.4) is 0 Å². The highest BCUT2D eigenvalue weighted by atomic mass is 35.5. The summed E-state index contributed by atoms with van der Waals surface area (Å²) in [4.78, 5) is 17.0. The molecule has 1 unspecified atom stereocenters. The molecular formula is C19H28ClN5O2. The monoisotopic (exact) mass is 393 g/mol. The Bertz CT molecular complexity index is 758. The molecule has 148 valence electrons. The van der Waals surface area contributed by atoms with Crippen molar-refractivity contribution in [1.29, 1.82) is 0 Å². The molecule has 1 aliphatic rings. The van der Waals surface area contributed by atoms with Gasteiger partial charge in [0.25, 0.3) is 0 Å². The number of aryl methyl sites for hydroxylation is 1. The molecule has 2 N–H and O–H groups in total. The fourth-order valence-corrected chi connectivity index (χ4v) is 3.29. The van der Waals surface area contributed by atoms with E-state index in [0.717, 1.165) is 43.1 Å². The second-order valence-corrected chi connectivity index (χ2v) is 6.87. The number of hydrogen-bond acceptors (Lipinski definition) is 5. The Hall–Kier alpha value is -2.12. The number of halogens is 1. The maximum atomic E-state index is 12.5. The van der Waals surface area contributed by atoms with Gasteiger partial charge >= 0.3 is 0 Å². The van der Waals surface area contributed by atoms with E-state index >= 15 is 0 Å². The highest BCUT2D eigenvalue weighted by molar-refractivity contribution is 5.89. The van der Waals surface area contributed by atoms with Gasteiger partial charge in [0, 0.05) is 19.4 Å². The van der Waals surface area contributed by atoms with Crippen LogP contribution in [0.1, 0.15) is 49.4 Å². The van der Waals surface area contributed by atoms with E-state index in [4.69, 9.17) is 4.74 Å². The summed E-state index contributed by atoms with van der Waals surface area (Å²) in [6.07, 6.45) is 2.44. The van der Waals surface area contributed by atoms with Gasteiger partial charge in [0.2, 0.25) is 11.9 Å². The number of nitrogens with one attached hydrogen (secondary N) is 2. The van der Waals surface area contributed by atoms with Crippen molar-refractivity contribution in [2.45, 2.75) is 38.0 Å². The van der Waals surface area contributed by atoms with Crippen LogP contribution in [0.5, 0.6) is 5.75 Å². The smallest absolute Gasteiger partial charge is 0.227 e. The third-order valence-electron chi connectivity index (χ3n) is 4.89. The van der Waals surface area contributed by atoms with E-state index in [-0.39, 0.29) is 24.2 Å². The molecule has 27 heavy (non-hydrogen) atoms. The van der Waals surface area contributed by atoms with E-state index < -0.39 is 0 Å². The van der Waals surface area contributed by atoms with Gasteiger partial charge in [-0.1, -0.05) is 19.1 Å². The largest absolute Gasteiger partial charge is 0.497 e. The summed E-state index contributed by atoms with van der Waals surface area (Å²) >= 11 is 0. The molecule has 0 saturated carbocycles. The van der Waals surface area contributed by atoms with Crippen molar-refractivity contribution in [3.8, 4) is 5.75 Å². The maximum absolute atomic E-state index is 12.5.